The number of benzene rings is 2. The van der Waals surface area contributed by atoms with E-state index in [1.54, 1.807) is 36.5 Å². The monoisotopic (exact) mass is 319 g/mol. The highest BCUT2D eigenvalue weighted by Gasteiger charge is 2.14. The van der Waals surface area contributed by atoms with Gasteiger partial charge in [0.1, 0.15) is 22.9 Å². The van der Waals surface area contributed by atoms with Gasteiger partial charge >= 0.3 is 0 Å². The van der Waals surface area contributed by atoms with Crippen LogP contribution in [0.1, 0.15) is 11.4 Å². The maximum atomic E-state index is 13.1. The summed E-state index contributed by atoms with van der Waals surface area (Å²) in [6.07, 6.45) is 2.25. The van der Waals surface area contributed by atoms with E-state index in [9.17, 15) is 9.50 Å². The molecule has 2 aromatic carbocycles. The average Bonchev–Trinajstić information content (AvgIpc) is 2.95. The predicted octanol–water partition coefficient (Wildman–Crippen LogP) is 3.86. The Morgan fingerprint density at radius 2 is 1.83 bits per heavy atom. The SMILES string of the molecule is Oc1cccc(-n2c(Cc3ccc(F)cc3)nc3cccnc32)c1. The second-order valence-corrected chi connectivity index (χ2v) is 5.53. The molecule has 4 rings (SSSR count). The second kappa shape index (κ2) is 5.77. The minimum Gasteiger partial charge on any atom is -0.508 e. The molecule has 4 nitrogen and oxygen atoms in total. The average molecular weight is 319 g/mol. The number of hydrogen-bond acceptors (Lipinski definition) is 3. The van der Waals surface area contributed by atoms with Gasteiger partial charge in [0.25, 0.3) is 0 Å². The highest BCUT2D eigenvalue weighted by molar-refractivity contribution is 5.74. The number of phenols is 1. The lowest BCUT2D eigenvalue weighted by molar-refractivity contribution is 0.475. The Labute approximate surface area is 137 Å². The number of nitrogens with zero attached hydrogens (tertiary/aromatic N) is 3. The van der Waals surface area contributed by atoms with Crippen LogP contribution in [-0.4, -0.2) is 19.6 Å². The van der Waals surface area contributed by atoms with Crippen LogP contribution in [0.15, 0.2) is 66.9 Å². The molecule has 1 N–H and O–H groups in total. The molecule has 0 saturated carbocycles. The Balaban J connectivity index is 1.88. The van der Waals surface area contributed by atoms with Crippen LogP contribution in [0.5, 0.6) is 5.75 Å². The number of imidazole rings is 1. The fourth-order valence-corrected chi connectivity index (χ4v) is 2.77. The lowest BCUT2D eigenvalue weighted by atomic mass is 10.1. The molecule has 0 unspecified atom stereocenters. The van der Waals surface area contributed by atoms with E-state index >= 15 is 0 Å². The molecular weight excluding hydrogens is 305 g/mol. The van der Waals surface area contributed by atoms with Crippen molar-refractivity contribution >= 4 is 11.2 Å². The van der Waals surface area contributed by atoms with Crippen LogP contribution in [0.3, 0.4) is 0 Å². The van der Waals surface area contributed by atoms with Gasteiger partial charge in [-0.1, -0.05) is 18.2 Å². The van der Waals surface area contributed by atoms with Crippen molar-refractivity contribution in [2.24, 2.45) is 0 Å². The first-order valence-corrected chi connectivity index (χ1v) is 7.57. The molecule has 24 heavy (non-hydrogen) atoms. The van der Waals surface area contributed by atoms with E-state index in [0.29, 0.717) is 6.42 Å². The topological polar surface area (TPSA) is 50.9 Å². The first kappa shape index (κ1) is 14.4. The third-order valence-corrected chi connectivity index (χ3v) is 3.85. The first-order chi connectivity index (χ1) is 11.7. The number of aromatic hydroxyl groups is 1. The Morgan fingerprint density at radius 3 is 2.62 bits per heavy atom. The van der Waals surface area contributed by atoms with E-state index < -0.39 is 0 Å². The number of aromatic nitrogens is 3. The number of halogens is 1. The summed E-state index contributed by atoms with van der Waals surface area (Å²) >= 11 is 0. The zero-order valence-corrected chi connectivity index (χ0v) is 12.7. The molecule has 2 aromatic heterocycles. The lowest BCUT2D eigenvalue weighted by Gasteiger charge is -2.09. The molecule has 118 valence electrons. The van der Waals surface area contributed by atoms with Gasteiger partial charge in [-0.05, 0) is 42.0 Å². The smallest absolute Gasteiger partial charge is 0.164 e. The van der Waals surface area contributed by atoms with E-state index in [-0.39, 0.29) is 11.6 Å². The summed E-state index contributed by atoms with van der Waals surface area (Å²) in [7, 11) is 0. The zero-order chi connectivity index (χ0) is 16.5. The van der Waals surface area contributed by atoms with Gasteiger partial charge in [-0.15, -0.1) is 0 Å². The lowest BCUT2D eigenvalue weighted by Crippen LogP contribution is -2.03. The van der Waals surface area contributed by atoms with Crippen molar-refractivity contribution in [3.63, 3.8) is 0 Å². The first-order valence-electron chi connectivity index (χ1n) is 7.57. The molecule has 0 aliphatic heterocycles. The molecule has 4 aromatic rings. The van der Waals surface area contributed by atoms with Crippen molar-refractivity contribution in [3.8, 4) is 11.4 Å². The van der Waals surface area contributed by atoms with E-state index in [4.69, 9.17) is 0 Å². The van der Waals surface area contributed by atoms with Crippen molar-refractivity contribution in [1.82, 2.24) is 14.5 Å². The molecule has 5 heteroatoms. The molecule has 2 heterocycles. The van der Waals surface area contributed by atoms with Gasteiger partial charge in [0, 0.05) is 18.7 Å². The third-order valence-electron chi connectivity index (χ3n) is 3.85. The molecule has 0 radical (unpaired) electrons. The van der Waals surface area contributed by atoms with Gasteiger partial charge in [0.15, 0.2) is 5.65 Å². The molecule has 0 bridgehead atoms. The highest BCUT2D eigenvalue weighted by Crippen LogP contribution is 2.24. The summed E-state index contributed by atoms with van der Waals surface area (Å²) in [5, 5.41) is 9.80. The minimum absolute atomic E-state index is 0.179. The van der Waals surface area contributed by atoms with Gasteiger partial charge < -0.3 is 5.11 Å². The highest BCUT2D eigenvalue weighted by atomic mass is 19.1. The number of pyridine rings is 1. The van der Waals surface area contributed by atoms with Crippen molar-refractivity contribution in [3.05, 3.63) is 84.1 Å². The number of fused-ring (bicyclic) bond motifs is 1. The fourth-order valence-electron chi connectivity index (χ4n) is 2.77. The third kappa shape index (κ3) is 2.60. The van der Waals surface area contributed by atoms with Crippen molar-refractivity contribution in [1.29, 1.82) is 0 Å². The Kier molecular flexibility index (Phi) is 3.46. The summed E-state index contributed by atoms with van der Waals surface area (Å²) in [6.45, 7) is 0. The van der Waals surface area contributed by atoms with Crippen LogP contribution in [0, 0.1) is 5.82 Å². The molecule has 0 aliphatic rings. The maximum Gasteiger partial charge on any atom is 0.164 e. The van der Waals surface area contributed by atoms with Gasteiger partial charge in [-0.2, -0.15) is 0 Å². The minimum atomic E-state index is -0.262. The normalized spacial score (nSPS) is 11.0. The van der Waals surface area contributed by atoms with E-state index in [2.05, 4.69) is 9.97 Å². The largest absolute Gasteiger partial charge is 0.508 e. The second-order valence-electron chi connectivity index (χ2n) is 5.53. The van der Waals surface area contributed by atoms with Crippen molar-refractivity contribution in [2.75, 3.05) is 0 Å². The predicted molar refractivity (Wildman–Crippen MR) is 89.7 cm³/mol. The Bertz CT molecular complexity index is 1010. The zero-order valence-electron chi connectivity index (χ0n) is 12.7. The summed E-state index contributed by atoms with van der Waals surface area (Å²) in [6, 6.07) is 17.1. The summed E-state index contributed by atoms with van der Waals surface area (Å²) in [4.78, 5) is 9.08. The number of phenolic OH excluding ortho intramolecular Hbond substituents is 1. The molecule has 0 saturated heterocycles. The van der Waals surface area contributed by atoms with Crippen LogP contribution in [0.2, 0.25) is 0 Å². The van der Waals surface area contributed by atoms with E-state index in [1.165, 1.54) is 12.1 Å². The van der Waals surface area contributed by atoms with Gasteiger partial charge in [-0.25, -0.2) is 14.4 Å². The number of rotatable bonds is 3. The Hall–Kier alpha value is -3.21. The van der Waals surface area contributed by atoms with Crippen LogP contribution in [0.25, 0.3) is 16.9 Å². The maximum absolute atomic E-state index is 13.1. The van der Waals surface area contributed by atoms with E-state index in [1.807, 2.05) is 22.8 Å². The van der Waals surface area contributed by atoms with Gasteiger partial charge in [0.05, 0.1) is 5.69 Å². The molecular formula is C19H14FN3O. The molecule has 0 spiro atoms. The van der Waals surface area contributed by atoms with Gasteiger partial charge in [-0.3, -0.25) is 4.57 Å². The molecule has 0 amide bonds. The summed E-state index contributed by atoms with van der Waals surface area (Å²) in [5.41, 5.74) is 3.24. The molecule has 0 aliphatic carbocycles. The van der Waals surface area contributed by atoms with Crippen molar-refractivity contribution in [2.45, 2.75) is 6.42 Å². The van der Waals surface area contributed by atoms with Gasteiger partial charge in [0.2, 0.25) is 0 Å². The number of hydrogen-bond donors (Lipinski definition) is 1. The van der Waals surface area contributed by atoms with Crippen LogP contribution >= 0.6 is 0 Å². The van der Waals surface area contributed by atoms with Crippen LogP contribution < -0.4 is 0 Å². The summed E-state index contributed by atoms with van der Waals surface area (Å²) in [5.74, 6) is 0.695. The van der Waals surface area contributed by atoms with Crippen LogP contribution in [-0.2, 0) is 6.42 Å². The van der Waals surface area contributed by atoms with Crippen LogP contribution in [0.4, 0.5) is 4.39 Å². The fraction of sp³-hybridized carbons (Fsp3) is 0.0526. The summed E-state index contributed by atoms with van der Waals surface area (Å²) < 4.78 is 15.0. The Morgan fingerprint density at radius 1 is 1.00 bits per heavy atom. The van der Waals surface area contributed by atoms with Crippen molar-refractivity contribution < 1.29 is 9.50 Å². The quantitative estimate of drug-likeness (QED) is 0.624. The standard InChI is InChI=1S/C19H14FN3O/c20-14-8-6-13(7-9-14)11-18-22-17-5-2-10-21-19(17)23(18)15-3-1-4-16(24)12-15/h1-10,12,24H,11H2. The van der Waals surface area contributed by atoms with E-state index in [0.717, 1.165) is 28.2 Å². The molecule has 0 atom stereocenters. The molecule has 0 fully saturated rings.